The quantitative estimate of drug-likeness (QED) is 0.916. The van der Waals surface area contributed by atoms with Crippen molar-refractivity contribution in [3.8, 4) is 0 Å². The van der Waals surface area contributed by atoms with E-state index in [1.54, 1.807) is 6.07 Å². The smallest absolute Gasteiger partial charge is 0.321 e. The van der Waals surface area contributed by atoms with Gasteiger partial charge >= 0.3 is 6.03 Å². The molecule has 2 aliphatic rings. The van der Waals surface area contributed by atoms with Crippen molar-refractivity contribution < 1.29 is 4.79 Å². The van der Waals surface area contributed by atoms with Gasteiger partial charge in [-0.2, -0.15) is 0 Å². The Morgan fingerprint density at radius 2 is 1.96 bits per heavy atom. The molecule has 2 amide bonds. The summed E-state index contributed by atoms with van der Waals surface area (Å²) in [5.74, 6) is 0.590. The van der Waals surface area contributed by atoms with Crippen LogP contribution >= 0.6 is 0 Å². The normalized spacial score (nSPS) is 21.6. The van der Waals surface area contributed by atoms with E-state index < -0.39 is 0 Å². The molecule has 5 nitrogen and oxygen atoms in total. The number of benzene rings is 1. The number of piperidine rings is 1. The summed E-state index contributed by atoms with van der Waals surface area (Å²) < 4.78 is 1.89. The number of rotatable bonds is 2. The van der Waals surface area contributed by atoms with Gasteiger partial charge in [0.1, 0.15) is 0 Å². The number of fused-ring (bicyclic) bond motifs is 4. The molecule has 25 heavy (non-hydrogen) atoms. The summed E-state index contributed by atoms with van der Waals surface area (Å²) in [6.07, 6.45) is 1.94. The highest BCUT2D eigenvalue weighted by Gasteiger charge is 2.36. The summed E-state index contributed by atoms with van der Waals surface area (Å²) in [5, 5.41) is 3.07. The zero-order chi connectivity index (χ0) is 17.4. The van der Waals surface area contributed by atoms with Crippen molar-refractivity contribution in [1.82, 2.24) is 9.47 Å². The average molecular weight is 337 g/mol. The lowest BCUT2D eigenvalue weighted by Gasteiger charge is -2.42. The molecule has 2 aliphatic heterocycles. The number of para-hydroxylation sites is 1. The summed E-state index contributed by atoms with van der Waals surface area (Å²) in [4.78, 5) is 26.8. The van der Waals surface area contributed by atoms with E-state index in [4.69, 9.17) is 0 Å². The predicted octanol–water partition coefficient (Wildman–Crippen LogP) is 3.06. The number of anilines is 1. The maximum Gasteiger partial charge on any atom is 0.321 e. The molecular weight excluding hydrogens is 314 g/mol. The van der Waals surface area contributed by atoms with Crippen molar-refractivity contribution in [3.63, 3.8) is 0 Å². The fourth-order valence-corrected chi connectivity index (χ4v) is 4.21. The minimum absolute atomic E-state index is 0.0395. The van der Waals surface area contributed by atoms with Crippen LogP contribution < -0.4 is 10.9 Å². The summed E-state index contributed by atoms with van der Waals surface area (Å²) in [5.41, 5.74) is 3.17. The molecule has 4 rings (SSSR count). The Morgan fingerprint density at radius 1 is 1.12 bits per heavy atom. The molecule has 0 unspecified atom stereocenters. The van der Waals surface area contributed by atoms with Gasteiger partial charge < -0.3 is 14.8 Å². The van der Waals surface area contributed by atoms with E-state index in [0.29, 0.717) is 25.6 Å². The van der Waals surface area contributed by atoms with Gasteiger partial charge in [-0.3, -0.25) is 4.79 Å². The van der Waals surface area contributed by atoms with E-state index in [1.165, 1.54) is 0 Å². The maximum atomic E-state index is 12.8. The maximum absolute atomic E-state index is 12.8. The number of aromatic nitrogens is 1. The average Bonchev–Trinajstić information content (AvgIpc) is 2.63. The Hall–Kier alpha value is -2.56. The van der Waals surface area contributed by atoms with E-state index in [0.717, 1.165) is 29.8 Å². The molecular formula is C20H23N3O2. The van der Waals surface area contributed by atoms with Gasteiger partial charge in [-0.05, 0) is 36.5 Å². The highest BCUT2D eigenvalue weighted by atomic mass is 16.2. The Labute approximate surface area is 147 Å². The van der Waals surface area contributed by atoms with Gasteiger partial charge in [-0.25, -0.2) is 4.79 Å². The van der Waals surface area contributed by atoms with Crippen LogP contribution in [0, 0.1) is 5.92 Å². The molecule has 1 fully saturated rings. The Balaban J connectivity index is 1.54. The number of nitrogens with zero attached hydrogens (tertiary/aromatic N) is 2. The number of carbonyl (C=O) groups excluding carboxylic acids is 1. The second kappa shape index (κ2) is 6.39. The molecule has 3 heterocycles. The topological polar surface area (TPSA) is 54.3 Å². The number of aryl methyl sites for hydroxylation is 1. The molecule has 1 N–H and O–H groups in total. The molecule has 2 bridgehead atoms. The summed E-state index contributed by atoms with van der Waals surface area (Å²) in [7, 11) is 0. The second-order valence-corrected chi connectivity index (χ2v) is 7.04. The monoisotopic (exact) mass is 337 g/mol. The lowest BCUT2D eigenvalue weighted by atomic mass is 9.83. The van der Waals surface area contributed by atoms with Crippen molar-refractivity contribution >= 4 is 11.7 Å². The first kappa shape index (κ1) is 15.9. The third kappa shape index (κ3) is 2.95. The van der Waals surface area contributed by atoms with Crippen LogP contribution in [0.15, 0.2) is 47.3 Å². The molecule has 2 aromatic rings. The Bertz CT molecular complexity index is 858. The molecule has 1 aromatic carbocycles. The first-order valence-corrected chi connectivity index (χ1v) is 8.99. The third-order valence-electron chi connectivity index (χ3n) is 5.41. The SMILES string of the molecule is CCc1ccccc1NC(=O)N1C[C@@H]2C[C@H](C1)c1cccc(=O)n1C2. The highest BCUT2D eigenvalue weighted by molar-refractivity contribution is 5.90. The van der Waals surface area contributed by atoms with E-state index in [-0.39, 0.29) is 17.5 Å². The number of hydrogen-bond donors (Lipinski definition) is 1. The van der Waals surface area contributed by atoms with Crippen molar-refractivity contribution in [2.75, 3.05) is 18.4 Å². The molecule has 2 atom stereocenters. The van der Waals surface area contributed by atoms with E-state index >= 15 is 0 Å². The number of urea groups is 1. The largest absolute Gasteiger partial charge is 0.324 e. The van der Waals surface area contributed by atoms with E-state index in [1.807, 2.05) is 45.9 Å². The first-order chi connectivity index (χ1) is 12.2. The van der Waals surface area contributed by atoms with Gasteiger partial charge in [0.2, 0.25) is 0 Å². The van der Waals surface area contributed by atoms with Crippen LogP contribution in [0.25, 0.3) is 0 Å². The highest BCUT2D eigenvalue weighted by Crippen LogP contribution is 2.35. The summed E-state index contributed by atoms with van der Waals surface area (Å²) in [6, 6.07) is 13.4. The van der Waals surface area contributed by atoms with E-state index in [2.05, 4.69) is 12.2 Å². The van der Waals surface area contributed by atoms with Crippen molar-refractivity contribution in [1.29, 1.82) is 0 Å². The van der Waals surface area contributed by atoms with Crippen LogP contribution in [0.3, 0.4) is 0 Å². The molecule has 1 aromatic heterocycles. The number of nitrogens with one attached hydrogen (secondary N) is 1. The van der Waals surface area contributed by atoms with Gasteiger partial charge in [-0.15, -0.1) is 0 Å². The number of amides is 2. The van der Waals surface area contributed by atoms with Crippen molar-refractivity contribution in [2.24, 2.45) is 5.92 Å². The number of pyridine rings is 1. The molecule has 0 aliphatic carbocycles. The lowest BCUT2D eigenvalue weighted by Crippen LogP contribution is -2.50. The third-order valence-corrected chi connectivity index (χ3v) is 5.41. The van der Waals surface area contributed by atoms with E-state index in [9.17, 15) is 9.59 Å². The molecule has 0 spiro atoms. The van der Waals surface area contributed by atoms with Gasteiger partial charge in [0, 0.05) is 43.0 Å². The van der Waals surface area contributed by atoms with Crippen LogP contribution in [0.2, 0.25) is 0 Å². The predicted molar refractivity (Wildman–Crippen MR) is 98.0 cm³/mol. The molecule has 1 saturated heterocycles. The number of hydrogen-bond acceptors (Lipinski definition) is 2. The van der Waals surface area contributed by atoms with Crippen molar-refractivity contribution in [3.05, 3.63) is 64.1 Å². The minimum atomic E-state index is -0.0395. The van der Waals surface area contributed by atoms with Gasteiger partial charge in [0.05, 0.1) is 0 Å². The standard InChI is InChI=1S/C20H23N3O2/c1-2-15-6-3-4-7-17(15)21-20(25)22-11-14-10-16(13-22)18-8-5-9-19(24)23(18)12-14/h3-9,14,16H,2,10-13H2,1H3,(H,21,25)/t14-,16+/m0/s1. The van der Waals surface area contributed by atoms with Gasteiger partial charge in [-0.1, -0.05) is 31.2 Å². The fourth-order valence-electron chi connectivity index (χ4n) is 4.21. The Kier molecular flexibility index (Phi) is 4.07. The first-order valence-electron chi connectivity index (χ1n) is 8.99. The molecule has 0 saturated carbocycles. The second-order valence-electron chi connectivity index (χ2n) is 7.04. The van der Waals surface area contributed by atoms with Crippen LogP contribution in [0.4, 0.5) is 10.5 Å². The van der Waals surface area contributed by atoms with Crippen LogP contribution in [0.5, 0.6) is 0 Å². The fraction of sp³-hybridized carbons (Fsp3) is 0.400. The van der Waals surface area contributed by atoms with Crippen LogP contribution in [-0.2, 0) is 13.0 Å². The number of likely N-dealkylation sites (tertiary alicyclic amines) is 1. The van der Waals surface area contributed by atoms with Gasteiger partial charge in [0.15, 0.2) is 0 Å². The van der Waals surface area contributed by atoms with Crippen LogP contribution in [0.1, 0.15) is 30.5 Å². The Morgan fingerprint density at radius 3 is 2.80 bits per heavy atom. The zero-order valence-corrected chi connectivity index (χ0v) is 14.4. The summed E-state index contributed by atoms with van der Waals surface area (Å²) >= 11 is 0. The molecule has 0 radical (unpaired) electrons. The molecule has 130 valence electrons. The molecule has 5 heteroatoms. The summed E-state index contributed by atoms with van der Waals surface area (Å²) in [6.45, 7) is 4.17. The minimum Gasteiger partial charge on any atom is -0.324 e. The number of carbonyl (C=O) groups is 1. The van der Waals surface area contributed by atoms with Gasteiger partial charge in [0.25, 0.3) is 5.56 Å². The van der Waals surface area contributed by atoms with Crippen LogP contribution in [-0.4, -0.2) is 28.6 Å². The van der Waals surface area contributed by atoms with Crippen molar-refractivity contribution in [2.45, 2.75) is 32.2 Å². The lowest BCUT2D eigenvalue weighted by molar-refractivity contribution is 0.139. The zero-order valence-electron chi connectivity index (χ0n) is 14.4.